The molecule has 0 saturated heterocycles. The topological polar surface area (TPSA) is 91.0 Å². The van der Waals surface area contributed by atoms with Gasteiger partial charge in [0.05, 0.1) is 17.5 Å². The minimum atomic E-state index is -0.212. The number of rotatable bonds is 3. The molecule has 0 fully saturated rings. The molecule has 0 saturated carbocycles. The summed E-state index contributed by atoms with van der Waals surface area (Å²) in [6, 6.07) is 2.94. The predicted molar refractivity (Wildman–Crippen MR) is 97.1 cm³/mol. The number of nitrogens with one attached hydrogen (secondary N) is 2. The van der Waals surface area contributed by atoms with E-state index < -0.39 is 0 Å². The second-order valence-electron chi connectivity index (χ2n) is 5.85. The minimum Gasteiger partial charge on any atom is -0.370 e. The third-order valence-electron chi connectivity index (χ3n) is 4.30. The molecule has 25 heavy (non-hydrogen) atoms. The van der Waals surface area contributed by atoms with Crippen LogP contribution in [0.2, 0.25) is 0 Å². The molecule has 2 N–H and O–H groups in total. The van der Waals surface area contributed by atoms with Crippen LogP contribution in [0, 0.1) is 0 Å². The predicted octanol–water partition coefficient (Wildman–Crippen LogP) is 2.01. The molecule has 0 aromatic carbocycles. The summed E-state index contributed by atoms with van der Waals surface area (Å²) in [5, 5.41) is 4.38. The van der Waals surface area contributed by atoms with E-state index in [1.165, 1.54) is 17.8 Å². The van der Waals surface area contributed by atoms with Crippen molar-refractivity contribution >= 4 is 33.3 Å². The average molecular weight is 355 g/mol. The van der Waals surface area contributed by atoms with Gasteiger partial charge in [0.2, 0.25) is 5.56 Å². The molecule has 0 unspecified atom stereocenters. The van der Waals surface area contributed by atoms with Gasteiger partial charge in [-0.15, -0.1) is 11.3 Å². The van der Waals surface area contributed by atoms with E-state index in [9.17, 15) is 9.59 Å². The number of thiophene rings is 1. The minimum absolute atomic E-state index is 0.0719. The van der Waals surface area contributed by atoms with Crippen LogP contribution in [0.1, 0.15) is 27.7 Å². The zero-order chi connectivity index (χ0) is 17.4. The van der Waals surface area contributed by atoms with Gasteiger partial charge in [-0.25, -0.2) is 9.97 Å². The summed E-state index contributed by atoms with van der Waals surface area (Å²) in [6.07, 6.45) is 3.82. The summed E-state index contributed by atoms with van der Waals surface area (Å²) in [7, 11) is 0. The number of carbonyl (C=O) groups is 1. The van der Waals surface area contributed by atoms with Gasteiger partial charge in [-0.2, -0.15) is 0 Å². The molecular formula is C17H17N5O2S. The van der Waals surface area contributed by atoms with Crippen molar-refractivity contribution < 1.29 is 4.79 Å². The van der Waals surface area contributed by atoms with E-state index in [-0.39, 0.29) is 11.5 Å². The number of aromatic nitrogens is 3. The Labute approximate surface area is 147 Å². The Morgan fingerprint density at radius 1 is 1.40 bits per heavy atom. The molecule has 3 aromatic rings. The Bertz CT molecular complexity index is 989. The van der Waals surface area contributed by atoms with Crippen molar-refractivity contribution in [1.29, 1.82) is 0 Å². The van der Waals surface area contributed by atoms with Gasteiger partial charge in [0.15, 0.2) is 0 Å². The standard InChI is InChI=1S/C17H17N5O2S/c1-2-18-15-14-11-5-6-22(8-12(11)25-16(14)21-9-20-15)17(24)10-3-4-13(23)19-7-10/h3-4,7,9H,2,5-6,8H2,1H3,(H,19,23)(H,18,20,21). The first kappa shape index (κ1) is 15.8. The van der Waals surface area contributed by atoms with Crippen LogP contribution in [0.25, 0.3) is 10.2 Å². The zero-order valence-electron chi connectivity index (χ0n) is 13.7. The van der Waals surface area contributed by atoms with Crippen molar-refractivity contribution in [2.75, 3.05) is 18.4 Å². The van der Waals surface area contributed by atoms with Crippen molar-refractivity contribution in [1.82, 2.24) is 19.9 Å². The number of pyridine rings is 1. The lowest BCUT2D eigenvalue weighted by molar-refractivity contribution is 0.0737. The Morgan fingerprint density at radius 3 is 3.04 bits per heavy atom. The maximum Gasteiger partial charge on any atom is 0.255 e. The maximum absolute atomic E-state index is 12.7. The van der Waals surface area contributed by atoms with Crippen LogP contribution >= 0.6 is 11.3 Å². The third kappa shape index (κ3) is 2.78. The van der Waals surface area contributed by atoms with E-state index in [0.717, 1.165) is 33.9 Å². The van der Waals surface area contributed by atoms with Gasteiger partial charge in [-0.3, -0.25) is 9.59 Å². The van der Waals surface area contributed by atoms with E-state index in [2.05, 4.69) is 20.3 Å². The highest BCUT2D eigenvalue weighted by atomic mass is 32.1. The largest absolute Gasteiger partial charge is 0.370 e. The van der Waals surface area contributed by atoms with Crippen molar-refractivity contribution in [2.45, 2.75) is 19.9 Å². The number of carbonyl (C=O) groups excluding carboxylic acids is 1. The van der Waals surface area contributed by atoms with E-state index in [0.29, 0.717) is 18.7 Å². The summed E-state index contributed by atoms with van der Waals surface area (Å²) in [5.41, 5.74) is 1.52. The van der Waals surface area contributed by atoms with Crippen molar-refractivity contribution in [3.05, 3.63) is 51.0 Å². The molecule has 3 aromatic heterocycles. The summed E-state index contributed by atoms with van der Waals surface area (Å²) in [4.78, 5) is 39.1. The monoisotopic (exact) mass is 355 g/mol. The maximum atomic E-state index is 12.7. The van der Waals surface area contributed by atoms with Gasteiger partial charge in [0.1, 0.15) is 17.0 Å². The van der Waals surface area contributed by atoms with Gasteiger partial charge in [-0.1, -0.05) is 0 Å². The van der Waals surface area contributed by atoms with Crippen LogP contribution in [-0.4, -0.2) is 38.8 Å². The van der Waals surface area contributed by atoms with E-state index in [4.69, 9.17) is 0 Å². The number of aromatic amines is 1. The SMILES string of the molecule is CCNc1ncnc2sc3c(c12)CCN(C(=O)c1ccc(=O)[nH]c1)C3. The van der Waals surface area contributed by atoms with Gasteiger partial charge < -0.3 is 15.2 Å². The van der Waals surface area contributed by atoms with Crippen LogP contribution in [0.5, 0.6) is 0 Å². The summed E-state index contributed by atoms with van der Waals surface area (Å²) >= 11 is 1.62. The second kappa shape index (κ2) is 6.29. The Balaban J connectivity index is 1.66. The fourth-order valence-electron chi connectivity index (χ4n) is 3.13. The lowest BCUT2D eigenvalue weighted by Crippen LogP contribution is -2.35. The molecule has 0 aliphatic carbocycles. The number of anilines is 1. The van der Waals surface area contributed by atoms with Crippen LogP contribution in [0.15, 0.2) is 29.5 Å². The molecule has 128 valence electrons. The average Bonchev–Trinajstić information content (AvgIpc) is 3.00. The zero-order valence-corrected chi connectivity index (χ0v) is 14.5. The molecule has 1 amide bonds. The first-order valence-electron chi connectivity index (χ1n) is 8.14. The first-order valence-corrected chi connectivity index (χ1v) is 8.96. The highest BCUT2D eigenvalue weighted by Gasteiger charge is 2.26. The van der Waals surface area contributed by atoms with Crippen molar-refractivity contribution in [2.24, 2.45) is 0 Å². The second-order valence-corrected chi connectivity index (χ2v) is 6.94. The van der Waals surface area contributed by atoms with Crippen LogP contribution in [-0.2, 0) is 13.0 Å². The quantitative estimate of drug-likeness (QED) is 0.750. The lowest BCUT2D eigenvalue weighted by atomic mass is 10.0. The normalized spacial score (nSPS) is 13.7. The van der Waals surface area contributed by atoms with Crippen LogP contribution in [0.3, 0.4) is 0 Å². The summed E-state index contributed by atoms with van der Waals surface area (Å²) in [5.74, 6) is 0.794. The molecule has 8 heteroatoms. The molecule has 4 heterocycles. The smallest absolute Gasteiger partial charge is 0.255 e. The first-order chi connectivity index (χ1) is 12.2. The highest BCUT2D eigenvalue weighted by Crippen LogP contribution is 2.37. The number of fused-ring (bicyclic) bond motifs is 3. The number of nitrogens with zero attached hydrogens (tertiary/aromatic N) is 3. The molecule has 0 bridgehead atoms. The Morgan fingerprint density at radius 2 is 2.28 bits per heavy atom. The van der Waals surface area contributed by atoms with Gasteiger partial charge in [-0.05, 0) is 25.0 Å². The summed E-state index contributed by atoms with van der Waals surface area (Å²) in [6.45, 7) is 4.03. The number of hydrogen-bond donors (Lipinski definition) is 2. The molecule has 0 atom stereocenters. The number of hydrogen-bond acceptors (Lipinski definition) is 6. The molecular weight excluding hydrogens is 338 g/mol. The van der Waals surface area contributed by atoms with E-state index >= 15 is 0 Å². The van der Waals surface area contributed by atoms with Gasteiger partial charge >= 0.3 is 0 Å². The molecule has 0 spiro atoms. The lowest BCUT2D eigenvalue weighted by Gasteiger charge is -2.27. The van der Waals surface area contributed by atoms with Crippen molar-refractivity contribution in [3.63, 3.8) is 0 Å². The molecule has 7 nitrogen and oxygen atoms in total. The number of H-pyrrole nitrogens is 1. The van der Waals surface area contributed by atoms with Gasteiger partial charge in [0.25, 0.3) is 5.91 Å². The fraction of sp³-hybridized carbons (Fsp3) is 0.294. The van der Waals surface area contributed by atoms with E-state index in [1.54, 1.807) is 23.7 Å². The van der Waals surface area contributed by atoms with Crippen LogP contribution < -0.4 is 10.9 Å². The van der Waals surface area contributed by atoms with Crippen molar-refractivity contribution in [3.8, 4) is 0 Å². The van der Waals surface area contributed by atoms with E-state index in [1.807, 2.05) is 11.8 Å². The molecule has 4 rings (SSSR count). The number of amides is 1. The fourth-order valence-corrected chi connectivity index (χ4v) is 4.33. The Kier molecular flexibility index (Phi) is 3.96. The summed E-state index contributed by atoms with van der Waals surface area (Å²) < 4.78 is 0. The Hall–Kier alpha value is -2.74. The molecule has 1 aliphatic heterocycles. The van der Waals surface area contributed by atoms with Gasteiger partial charge in [0, 0.05) is 30.2 Å². The van der Waals surface area contributed by atoms with Crippen LogP contribution in [0.4, 0.5) is 5.82 Å². The molecule has 1 aliphatic rings. The third-order valence-corrected chi connectivity index (χ3v) is 5.42. The molecule has 0 radical (unpaired) electrons. The highest BCUT2D eigenvalue weighted by molar-refractivity contribution is 7.19.